The van der Waals surface area contributed by atoms with Gasteiger partial charge in [-0.1, -0.05) is 19.8 Å². The number of aryl methyl sites for hydroxylation is 1. The molecule has 0 spiro atoms. The summed E-state index contributed by atoms with van der Waals surface area (Å²) >= 11 is 0. The largest absolute Gasteiger partial charge is 0.462 e. The lowest BCUT2D eigenvalue weighted by Crippen LogP contribution is -2.15. The van der Waals surface area contributed by atoms with Gasteiger partial charge < -0.3 is 4.74 Å². The number of hydrogen-bond donors (Lipinski definition) is 1. The van der Waals surface area contributed by atoms with Crippen LogP contribution in [0, 0.1) is 13.8 Å². The lowest BCUT2D eigenvalue weighted by atomic mass is 10.0. The molecule has 0 heterocycles. The van der Waals surface area contributed by atoms with Crippen molar-refractivity contribution in [3.8, 4) is 0 Å². The zero-order valence-electron chi connectivity index (χ0n) is 12.1. The number of sulfonamides is 1. The van der Waals surface area contributed by atoms with Crippen LogP contribution in [0.15, 0.2) is 17.0 Å². The maximum atomic E-state index is 12.0. The molecule has 0 amide bonds. The molecule has 0 radical (unpaired) electrons. The molecule has 112 valence electrons. The van der Waals surface area contributed by atoms with E-state index in [1.54, 1.807) is 13.8 Å². The summed E-state index contributed by atoms with van der Waals surface area (Å²) in [6.07, 6.45) is 2.83. The zero-order chi connectivity index (χ0) is 15.3. The fourth-order valence-corrected chi connectivity index (χ4v) is 2.42. The molecular weight excluding hydrogens is 278 g/mol. The number of nitrogens with two attached hydrogens (primary N) is 1. The van der Waals surface area contributed by atoms with E-state index in [0.29, 0.717) is 17.7 Å². The molecule has 0 aliphatic heterocycles. The Kier molecular flexibility index (Phi) is 5.71. The molecule has 0 bridgehead atoms. The van der Waals surface area contributed by atoms with Crippen LogP contribution < -0.4 is 5.14 Å². The minimum absolute atomic E-state index is 0.0684. The van der Waals surface area contributed by atoms with Crippen LogP contribution in [0.3, 0.4) is 0 Å². The number of carbonyl (C=O) groups excluding carboxylic acids is 1. The van der Waals surface area contributed by atoms with E-state index in [9.17, 15) is 13.2 Å². The molecule has 1 aromatic rings. The topological polar surface area (TPSA) is 86.5 Å². The van der Waals surface area contributed by atoms with Crippen LogP contribution in [0.25, 0.3) is 0 Å². The zero-order valence-corrected chi connectivity index (χ0v) is 12.9. The van der Waals surface area contributed by atoms with Crippen molar-refractivity contribution in [3.05, 3.63) is 28.8 Å². The van der Waals surface area contributed by atoms with Crippen LogP contribution in [-0.2, 0) is 14.8 Å². The third-order valence-electron chi connectivity index (χ3n) is 3.17. The number of esters is 1. The van der Waals surface area contributed by atoms with Crippen LogP contribution in [0.2, 0.25) is 0 Å². The maximum absolute atomic E-state index is 12.0. The highest BCUT2D eigenvalue weighted by molar-refractivity contribution is 7.89. The predicted molar refractivity (Wildman–Crippen MR) is 77.1 cm³/mol. The molecule has 0 aliphatic carbocycles. The first-order chi connectivity index (χ1) is 9.27. The summed E-state index contributed by atoms with van der Waals surface area (Å²) in [5.41, 5.74) is 1.65. The van der Waals surface area contributed by atoms with Crippen LogP contribution in [-0.4, -0.2) is 21.0 Å². The van der Waals surface area contributed by atoms with E-state index in [-0.39, 0.29) is 10.5 Å². The molecule has 0 saturated carbocycles. The van der Waals surface area contributed by atoms with Gasteiger partial charge in [0.2, 0.25) is 10.0 Å². The van der Waals surface area contributed by atoms with Crippen molar-refractivity contribution in [2.24, 2.45) is 5.14 Å². The average Bonchev–Trinajstić information content (AvgIpc) is 2.36. The SMILES string of the molecule is CCCCCOC(=O)c1cc(S(N)(=O)=O)cc(C)c1C. The second-order valence-corrected chi connectivity index (χ2v) is 6.36. The summed E-state index contributed by atoms with van der Waals surface area (Å²) in [6, 6.07) is 2.73. The molecule has 5 nitrogen and oxygen atoms in total. The lowest BCUT2D eigenvalue weighted by molar-refractivity contribution is 0.0497. The minimum atomic E-state index is -3.83. The van der Waals surface area contributed by atoms with E-state index in [0.717, 1.165) is 19.3 Å². The highest BCUT2D eigenvalue weighted by Gasteiger charge is 2.17. The third kappa shape index (κ3) is 4.31. The van der Waals surface area contributed by atoms with Gasteiger partial charge in [0.15, 0.2) is 0 Å². The molecule has 20 heavy (non-hydrogen) atoms. The van der Waals surface area contributed by atoms with Gasteiger partial charge in [0.1, 0.15) is 0 Å². The molecule has 2 N–H and O–H groups in total. The molecular formula is C14H21NO4S. The number of carbonyl (C=O) groups is 1. The summed E-state index contributed by atoms with van der Waals surface area (Å²) < 4.78 is 28.0. The van der Waals surface area contributed by atoms with E-state index < -0.39 is 16.0 Å². The van der Waals surface area contributed by atoms with E-state index in [4.69, 9.17) is 9.88 Å². The van der Waals surface area contributed by atoms with Gasteiger partial charge in [0.25, 0.3) is 0 Å². The van der Waals surface area contributed by atoms with Gasteiger partial charge in [-0.2, -0.15) is 0 Å². The molecule has 0 saturated heterocycles. The van der Waals surface area contributed by atoms with Crippen molar-refractivity contribution in [1.29, 1.82) is 0 Å². The van der Waals surface area contributed by atoms with Crippen LogP contribution >= 0.6 is 0 Å². The Hall–Kier alpha value is -1.40. The summed E-state index contributed by atoms with van der Waals surface area (Å²) in [5.74, 6) is -0.507. The molecule has 0 fully saturated rings. The Bertz CT molecular complexity index is 593. The van der Waals surface area contributed by atoms with E-state index in [1.807, 2.05) is 0 Å². The Morgan fingerprint density at radius 3 is 2.45 bits per heavy atom. The molecule has 0 atom stereocenters. The average molecular weight is 299 g/mol. The van der Waals surface area contributed by atoms with E-state index in [1.165, 1.54) is 12.1 Å². The second kappa shape index (κ2) is 6.85. The molecule has 1 aromatic carbocycles. The fourth-order valence-electron chi connectivity index (χ4n) is 1.80. The third-order valence-corrected chi connectivity index (χ3v) is 4.06. The number of hydrogen-bond acceptors (Lipinski definition) is 4. The van der Waals surface area contributed by atoms with Crippen LogP contribution in [0.5, 0.6) is 0 Å². The van der Waals surface area contributed by atoms with Crippen molar-refractivity contribution in [2.45, 2.75) is 44.9 Å². The highest BCUT2D eigenvalue weighted by atomic mass is 32.2. The van der Waals surface area contributed by atoms with Crippen molar-refractivity contribution >= 4 is 16.0 Å². The molecule has 6 heteroatoms. The van der Waals surface area contributed by atoms with Crippen LogP contribution in [0.4, 0.5) is 0 Å². The Morgan fingerprint density at radius 1 is 1.25 bits per heavy atom. The molecule has 0 aliphatic rings. The monoisotopic (exact) mass is 299 g/mol. The Labute approximate surface area is 120 Å². The van der Waals surface area contributed by atoms with Crippen molar-refractivity contribution in [1.82, 2.24) is 0 Å². The first-order valence-electron chi connectivity index (χ1n) is 6.58. The van der Waals surface area contributed by atoms with Crippen molar-refractivity contribution < 1.29 is 17.9 Å². The van der Waals surface area contributed by atoms with Crippen LogP contribution in [0.1, 0.15) is 47.7 Å². The summed E-state index contributed by atoms with van der Waals surface area (Å²) in [7, 11) is -3.83. The van der Waals surface area contributed by atoms with Gasteiger partial charge >= 0.3 is 5.97 Å². The lowest BCUT2D eigenvalue weighted by Gasteiger charge is -2.11. The molecule has 0 aromatic heterocycles. The Morgan fingerprint density at radius 2 is 1.90 bits per heavy atom. The van der Waals surface area contributed by atoms with Gasteiger partial charge in [0.05, 0.1) is 17.1 Å². The minimum Gasteiger partial charge on any atom is -0.462 e. The molecule has 0 unspecified atom stereocenters. The van der Waals surface area contributed by atoms with Crippen molar-refractivity contribution in [3.63, 3.8) is 0 Å². The second-order valence-electron chi connectivity index (χ2n) is 4.80. The van der Waals surface area contributed by atoms with Gasteiger partial charge in [-0.3, -0.25) is 0 Å². The fraction of sp³-hybridized carbons (Fsp3) is 0.500. The normalized spacial score (nSPS) is 11.4. The number of unbranched alkanes of at least 4 members (excludes halogenated alkanes) is 2. The van der Waals surface area contributed by atoms with Gasteiger partial charge in [-0.15, -0.1) is 0 Å². The number of ether oxygens (including phenoxy) is 1. The smallest absolute Gasteiger partial charge is 0.338 e. The van der Waals surface area contributed by atoms with Gasteiger partial charge in [-0.05, 0) is 43.5 Å². The number of benzene rings is 1. The summed E-state index contributed by atoms with van der Waals surface area (Å²) in [4.78, 5) is 11.9. The standard InChI is InChI=1S/C14H21NO4S/c1-4-5-6-7-19-14(16)13-9-12(20(15,17)18)8-10(2)11(13)3/h8-9H,4-7H2,1-3H3,(H2,15,17,18). The highest BCUT2D eigenvalue weighted by Crippen LogP contribution is 2.20. The van der Waals surface area contributed by atoms with Crippen molar-refractivity contribution in [2.75, 3.05) is 6.61 Å². The maximum Gasteiger partial charge on any atom is 0.338 e. The first kappa shape index (κ1) is 16.7. The molecule has 1 rings (SSSR count). The van der Waals surface area contributed by atoms with E-state index in [2.05, 4.69) is 6.92 Å². The van der Waals surface area contributed by atoms with E-state index >= 15 is 0 Å². The predicted octanol–water partition coefficient (Wildman–Crippen LogP) is 2.30. The first-order valence-corrected chi connectivity index (χ1v) is 8.13. The van der Waals surface area contributed by atoms with Gasteiger partial charge in [-0.25, -0.2) is 18.4 Å². The number of primary sulfonamides is 1. The quantitative estimate of drug-likeness (QED) is 0.645. The summed E-state index contributed by atoms with van der Waals surface area (Å²) in [6.45, 7) is 5.89. The Balaban J connectivity index is 2.99. The summed E-state index contributed by atoms with van der Waals surface area (Å²) in [5, 5.41) is 5.10. The number of rotatable bonds is 6. The van der Waals surface area contributed by atoms with Gasteiger partial charge in [0, 0.05) is 0 Å².